The van der Waals surface area contributed by atoms with E-state index in [2.05, 4.69) is 15.1 Å². The molecule has 2 aliphatic heterocycles. The minimum Gasteiger partial charge on any atom is -0.416 e. The van der Waals surface area contributed by atoms with Crippen LogP contribution in [0.2, 0.25) is 0 Å². The zero-order valence-electron chi connectivity index (χ0n) is 18.5. The number of aryl methyl sites for hydroxylation is 1. The molecule has 0 N–H and O–H groups in total. The minimum atomic E-state index is -2.90. The van der Waals surface area contributed by atoms with Gasteiger partial charge in [-0.3, -0.25) is 9.69 Å². The van der Waals surface area contributed by atoms with Gasteiger partial charge in [0.15, 0.2) is 9.84 Å². The summed E-state index contributed by atoms with van der Waals surface area (Å²) in [5, 5.41) is 8.33. The Morgan fingerprint density at radius 1 is 0.970 bits per heavy atom. The number of sulfone groups is 1. The van der Waals surface area contributed by atoms with Crippen molar-refractivity contribution in [2.75, 3.05) is 37.7 Å². The van der Waals surface area contributed by atoms with E-state index in [0.29, 0.717) is 49.9 Å². The van der Waals surface area contributed by atoms with E-state index >= 15 is 0 Å². The van der Waals surface area contributed by atoms with E-state index in [0.717, 1.165) is 16.7 Å². The molecule has 2 fully saturated rings. The summed E-state index contributed by atoms with van der Waals surface area (Å²) in [6, 6.07) is 15.1. The van der Waals surface area contributed by atoms with Crippen molar-refractivity contribution in [3.63, 3.8) is 0 Å². The molecule has 172 valence electrons. The van der Waals surface area contributed by atoms with Gasteiger partial charge in [0.1, 0.15) is 0 Å². The molecule has 1 unspecified atom stereocenters. The first-order chi connectivity index (χ1) is 15.9. The summed E-state index contributed by atoms with van der Waals surface area (Å²) in [6.07, 6.45) is 0.693. The number of hydrogen-bond donors (Lipinski definition) is 0. The molecule has 8 nitrogen and oxygen atoms in total. The van der Waals surface area contributed by atoms with Gasteiger partial charge in [0.25, 0.3) is 5.91 Å². The fourth-order valence-corrected chi connectivity index (χ4v) is 6.31. The summed E-state index contributed by atoms with van der Waals surface area (Å²) < 4.78 is 29.4. The van der Waals surface area contributed by atoms with Gasteiger partial charge >= 0.3 is 0 Å². The standard InChI is InChI=1S/C24H26N4O4S/c1-17-4-2-3-5-21(17)23-26-25-22(32-23)18-6-8-19(9-7-18)24(29)28-13-11-27(12-14-28)20-10-15-33(30,31)16-20/h2-9,20H,10-16H2,1H3. The molecule has 3 aromatic rings. The Hall–Kier alpha value is -3.04. The van der Waals surface area contributed by atoms with Crippen LogP contribution in [0.1, 0.15) is 22.3 Å². The second kappa shape index (κ2) is 8.72. The summed E-state index contributed by atoms with van der Waals surface area (Å²) in [4.78, 5) is 17.0. The maximum atomic E-state index is 13.0. The van der Waals surface area contributed by atoms with Gasteiger partial charge < -0.3 is 9.32 Å². The Bertz CT molecular complexity index is 1260. The zero-order valence-corrected chi connectivity index (χ0v) is 19.3. The summed E-state index contributed by atoms with van der Waals surface area (Å²) in [5.74, 6) is 1.37. The van der Waals surface area contributed by atoms with E-state index in [1.165, 1.54) is 0 Å². The van der Waals surface area contributed by atoms with Crippen molar-refractivity contribution >= 4 is 15.7 Å². The van der Waals surface area contributed by atoms with Gasteiger partial charge in [0, 0.05) is 48.9 Å². The quantitative estimate of drug-likeness (QED) is 0.583. The fraction of sp³-hybridized carbons (Fsp3) is 0.375. The molecule has 0 aliphatic carbocycles. The highest BCUT2D eigenvalue weighted by molar-refractivity contribution is 7.91. The monoisotopic (exact) mass is 466 g/mol. The summed E-state index contributed by atoms with van der Waals surface area (Å²) in [5.41, 5.74) is 3.32. The molecule has 0 radical (unpaired) electrons. The molecule has 1 atom stereocenters. The van der Waals surface area contributed by atoms with E-state index < -0.39 is 9.84 Å². The minimum absolute atomic E-state index is 0.0219. The molecule has 3 heterocycles. The Balaban J connectivity index is 1.22. The molecule has 2 aliphatic rings. The van der Waals surface area contributed by atoms with Gasteiger partial charge in [-0.15, -0.1) is 10.2 Å². The van der Waals surface area contributed by atoms with Crippen molar-refractivity contribution in [3.05, 3.63) is 59.7 Å². The number of carbonyl (C=O) groups is 1. The first-order valence-corrected chi connectivity index (χ1v) is 13.0. The molecule has 0 bridgehead atoms. The van der Waals surface area contributed by atoms with E-state index in [9.17, 15) is 13.2 Å². The summed E-state index contributed by atoms with van der Waals surface area (Å²) in [7, 11) is -2.90. The number of nitrogens with zero attached hydrogens (tertiary/aromatic N) is 4. The highest BCUT2D eigenvalue weighted by atomic mass is 32.2. The average molecular weight is 467 g/mol. The van der Waals surface area contributed by atoms with Crippen LogP contribution in [0.3, 0.4) is 0 Å². The van der Waals surface area contributed by atoms with Crippen molar-refractivity contribution in [3.8, 4) is 22.9 Å². The van der Waals surface area contributed by atoms with Gasteiger partial charge in [-0.2, -0.15) is 0 Å². The third-order valence-corrected chi connectivity index (χ3v) is 8.26. The first kappa shape index (κ1) is 21.8. The maximum absolute atomic E-state index is 13.0. The predicted molar refractivity (Wildman–Crippen MR) is 124 cm³/mol. The summed E-state index contributed by atoms with van der Waals surface area (Å²) >= 11 is 0. The molecule has 2 saturated heterocycles. The number of hydrogen-bond acceptors (Lipinski definition) is 7. The molecule has 0 spiro atoms. The van der Waals surface area contributed by atoms with Crippen LogP contribution in [0.25, 0.3) is 22.9 Å². The van der Waals surface area contributed by atoms with Crippen molar-refractivity contribution < 1.29 is 17.6 Å². The highest BCUT2D eigenvalue weighted by Crippen LogP contribution is 2.26. The SMILES string of the molecule is Cc1ccccc1-c1nnc(-c2ccc(C(=O)N3CCN(C4CCS(=O)(=O)C4)CC3)cc2)o1. The third kappa shape index (κ3) is 4.56. The lowest BCUT2D eigenvalue weighted by molar-refractivity contribution is 0.0588. The van der Waals surface area contributed by atoms with Crippen LogP contribution in [0.15, 0.2) is 52.9 Å². The third-order valence-electron chi connectivity index (χ3n) is 6.51. The molecule has 1 amide bonds. The second-order valence-corrected chi connectivity index (χ2v) is 10.9. The Labute approximate surface area is 193 Å². The number of piperazine rings is 1. The number of carbonyl (C=O) groups excluding carboxylic acids is 1. The second-order valence-electron chi connectivity index (χ2n) is 8.69. The molecular weight excluding hydrogens is 440 g/mol. The van der Waals surface area contributed by atoms with Crippen molar-refractivity contribution in [1.29, 1.82) is 0 Å². The normalized spacial score (nSPS) is 20.8. The molecule has 9 heteroatoms. The molecule has 1 aromatic heterocycles. The van der Waals surface area contributed by atoms with Crippen LogP contribution >= 0.6 is 0 Å². The number of amides is 1. The van der Waals surface area contributed by atoms with E-state index in [1.54, 1.807) is 12.1 Å². The van der Waals surface area contributed by atoms with Crippen LogP contribution in [0, 0.1) is 6.92 Å². The molecule has 5 rings (SSSR count). The van der Waals surface area contributed by atoms with Gasteiger partial charge in [-0.25, -0.2) is 8.42 Å². The molecule has 0 saturated carbocycles. The van der Waals surface area contributed by atoms with Gasteiger partial charge in [0.05, 0.1) is 11.5 Å². The summed E-state index contributed by atoms with van der Waals surface area (Å²) in [6.45, 7) is 4.59. The van der Waals surface area contributed by atoms with Crippen LogP contribution < -0.4 is 0 Å². The Morgan fingerprint density at radius 3 is 2.33 bits per heavy atom. The number of benzene rings is 2. The smallest absolute Gasteiger partial charge is 0.253 e. The van der Waals surface area contributed by atoms with Crippen molar-refractivity contribution in [1.82, 2.24) is 20.0 Å². The lowest BCUT2D eigenvalue weighted by Crippen LogP contribution is -2.52. The molecular formula is C24H26N4O4S. The Morgan fingerprint density at radius 2 is 1.67 bits per heavy atom. The lowest BCUT2D eigenvalue weighted by Gasteiger charge is -2.37. The number of aromatic nitrogens is 2. The van der Waals surface area contributed by atoms with Gasteiger partial charge in [0.2, 0.25) is 11.8 Å². The highest BCUT2D eigenvalue weighted by Gasteiger charge is 2.34. The van der Waals surface area contributed by atoms with Gasteiger partial charge in [-0.05, 0) is 49.2 Å². The van der Waals surface area contributed by atoms with Crippen LogP contribution in [-0.2, 0) is 9.84 Å². The van der Waals surface area contributed by atoms with E-state index in [4.69, 9.17) is 4.42 Å². The lowest BCUT2D eigenvalue weighted by atomic mass is 10.1. The molecule has 33 heavy (non-hydrogen) atoms. The predicted octanol–water partition coefficient (Wildman–Crippen LogP) is 2.66. The number of rotatable bonds is 4. The Kier molecular flexibility index (Phi) is 5.76. The van der Waals surface area contributed by atoms with E-state index in [1.807, 2.05) is 48.2 Å². The van der Waals surface area contributed by atoms with E-state index in [-0.39, 0.29) is 23.5 Å². The first-order valence-electron chi connectivity index (χ1n) is 11.1. The largest absolute Gasteiger partial charge is 0.416 e. The van der Waals surface area contributed by atoms with Crippen molar-refractivity contribution in [2.45, 2.75) is 19.4 Å². The topological polar surface area (TPSA) is 96.6 Å². The average Bonchev–Trinajstić information content (AvgIpc) is 3.46. The maximum Gasteiger partial charge on any atom is 0.253 e. The van der Waals surface area contributed by atoms with Gasteiger partial charge in [-0.1, -0.05) is 18.2 Å². The van der Waals surface area contributed by atoms with Crippen LogP contribution in [0.4, 0.5) is 0 Å². The zero-order chi connectivity index (χ0) is 23.0. The molecule has 2 aromatic carbocycles. The van der Waals surface area contributed by atoms with Crippen molar-refractivity contribution in [2.24, 2.45) is 0 Å². The fourth-order valence-electron chi connectivity index (χ4n) is 4.55. The van der Waals surface area contributed by atoms with Crippen LogP contribution in [-0.4, -0.2) is 78.0 Å². The van der Waals surface area contributed by atoms with Crippen LogP contribution in [0.5, 0.6) is 0 Å².